The lowest BCUT2D eigenvalue weighted by molar-refractivity contribution is 0.240. The standard InChI is InChI=1S/C19H39IN2O/c1-2-3-4-5-6-7-8-9-11-14-17-21-19(23)22-18-15-12-10-13-16-20/h2-18H2,1H3,(H2,21,22,23). The van der Waals surface area contributed by atoms with Crippen LogP contribution in [-0.4, -0.2) is 23.5 Å². The van der Waals surface area contributed by atoms with E-state index in [0.717, 1.165) is 25.9 Å². The van der Waals surface area contributed by atoms with Crippen LogP contribution in [0.5, 0.6) is 0 Å². The summed E-state index contributed by atoms with van der Waals surface area (Å²) in [4.78, 5) is 11.6. The van der Waals surface area contributed by atoms with Crippen LogP contribution in [0.25, 0.3) is 0 Å². The summed E-state index contributed by atoms with van der Waals surface area (Å²) in [5, 5.41) is 5.90. The van der Waals surface area contributed by atoms with E-state index >= 15 is 0 Å². The maximum atomic E-state index is 11.6. The number of amides is 2. The Labute approximate surface area is 158 Å². The number of halogens is 1. The van der Waals surface area contributed by atoms with Crippen molar-refractivity contribution in [2.45, 2.75) is 96.8 Å². The maximum absolute atomic E-state index is 11.6. The Balaban J connectivity index is 3.11. The van der Waals surface area contributed by atoms with Gasteiger partial charge in [-0.15, -0.1) is 0 Å². The van der Waals surface area contributed by atoms with Crippen molar-refractivity contribution in [3.63, 3.8) is 0 Å². The summed E-state index contributed by atoms with van der Waals surface area (Å²) in [7, 11) is 0. The molecule has 2 amide bonds. The van der Waals surface area contributed by atoms with Crippen molar-refractivity contribution in [3.8, 4) is 0 Å². The Morgan fingerprint density at radius 3 is 1.48 bits per heavy atom. The first kappa shape index (κ1) is 23.0. The minimum atomic E-state index is 0.00909. The van der Waals surface area contributed by atoms with E-state index in [-0.39, 0.29) is 6.03 Å². The van der Waals surface area contributed by atoms with Crippen LogP contribution in [0.1, 0.15) is 96.8 Å². The first-order valence-corrected chi connectivity index (χ1v) is 11.4. The molecule has 0 spiro atoms. The Kier molecular flexibility index (Phi) is 20.0. The highest BCUT2D eigenvalue weighted by Crippen LogP contribution is 2.10. The van der Waals surface area contributed by atoms with Crippen molar-refractivity contribution in [3.05, 3.63) is 0 Å². The maximum Gasteiger partial charge on any atom is 0.314 e. The zero-order chi connectivity index (χ0) is 17.0. The molecule has 0 saturated heterocycles. The van der Waals surface area contributed by atoms with Crippen LogP contribution in [0.15, 0.2) is 0 Å². The van der Waals surface area contributed by atoms with Gasteiger partial charge in [-0.25, -0.2) is 4.79 Å². The predicted molar refractivity (Wildman–Crippen MR) is 111 cm³/mol. The third-order valence-corrected chi connectivity index (χ3v) is 4.92. The molecule has 0 saturated carbocycles. The second kappa shape index (κ2) is 20.0. The highest BCUT2D eigenvalue weighted by atomic mass is 127. The van der Waals surface area contributed by atoms with Crippen LogP contribution < -0.4 is 10.6 Å². The van der Waals surface area contributed by atoms with Crippen molar-refractivity contribution >= 4 is 28.6 Å². The van der Waals surface area contributed by atoms with Crippen molar-refractivity contribution in [2.24, 2.45) is 0 Å². The molecule has 4 heteroatoms. The van der Waals surface area contributed by atoms with E-state index in [1.54, 1.807) is 0 Å². The van der Waals surface area contributed by atoms with E-state index in [0.29, 0.717) is 0 Å². The largest absolute Gasteiger partial charge is 0.338 e. The number of carbonyl (C=O) groups is 1. The van der Waals surface area contributed by atoms with Gasteiger partial charge in [-0.1, -0.05) is 100 Å². The van der Waals surface area contributed by atoms with Crippen LogP contribution in [0, 0.1) is 0 Å². The van der Waals surface area contributed by atoms with Crippen molar-refractivity contribution in [2.75, 3.05) is 17.5 Å². The van der Waals surface area contributed by atoms with Gasteiger partial charge in [0, 0.05) is 13.1 Å². The lowest BCUT2D eigenvalue weighted by atomic mass is 10.1. The summed E-state index contributed by atoms with van der Waals surface area (Å²) < 4.78 is 1.24. The summed E-state index contributed by atoms with van der Waals surface area (Å²) >= 11 is 2.41. The fourth-order valence-electron chi connectivity index (χ4n) is 2.65. The lowest BCUT2D eigenvalue weighted by Crippen LogP contribution is -2.36. The Morgan fingerprint density at radius 1 is 0.652 bits per heavy atom. The molecule has 3 nitrogen and oxygen atoms in total. The molecule has 0 aliphatic heterocycles. The average Bonchev–Trinajstić information content (AvgIpc) is 2.56. The minimum absolute atomic E-state index is 0.00909. The number of hydrogen-bond acceptors (Lipinski definition) is 1. The third-order valence-electron chi connectivity index (χ3n) is 4.16. The summed E-state index contributed by atoms with van der Waals surface area (Å²) in [6.45, 7) is 3.89. The Bertz CT molecular complexity index is 250. The van der Waals surface area contributed by atoms with E-state index < -0.39 is 0 Å². The molecule has 138 valence electrons. The van der Waals surface area contributed by atoms with Gasteiger partial charge >= 0.3 is 6.03 Å². The van der Waals surface area contributed by atoms with Crippen LogP contribution in [0.2, 0.25) is 0 Å². The van der Waals surface area contributed by atoms with Crippen LogP contribution in [0.3, 0.4) is 0 Å². The summed E-state index contributed by atoms with van der Waals surface area (Å²) in [6, 6.07) is 0.00909. The number of rotatable bonds is 17. The summed E-state index contributed by atoms with van der Waals surface area (Å²) in [5.41, 5.74) is 0. The fourth-order valence-corrected chi connectivity index (χ4v) is 3.19. The van der Waals surface area contributed by atoms with Crippen LogP contribution in [0.4, 0.5) is 4.79 Å². The molecule has 0 rings (SSSR count). The molecule has 0 fully saturated rings. The molecule has 0 aromatic rings. The summed E-state index contributed by atoms with van der Waals surface area (Å²) in [5.74, 6) is 0. The molecule has 2 N–H and O–H groups in total. The molecule has 0 bridgehead atoms. The molecular weight excluding hydrogens is 399 g/mol. The van der Waals surface area contributed by atoms with E-state index in [4.69, 9.17) is 0 Å². The summed E-state index contributed by atoms with van der Waals surface area (Å²) in [6.07, 6.45) is 18.3. The van der Waals surface area contributed by atoms with Crippen LogP contribution >= 0.6 is 22.6 Å². The minimum Gasteiger partial charge on any atom is -0.338 e. The highest BCUT2D eigenvalue weighted by molar-refractivity contribution is 14.1. The molecule has 0 aliphatic rings. The quantitative estimate of drug-likeness (QED) is 0.158. The molecular formula is C19H39IN2O. The van der Waals surface area contributed by atoms with Crippen molar-refractivity contribution in [1.82, 2.24) is 10.6 Å². The third kappa shape index (κ3) is 20.0. The second-order valence-electron chi connectivity index (χ2n) is 6.47. The van der Waals surface area contributed by atoms with Gasteiger partial charge in [0.15, 0.2) is 0 Å². The molecule has 0 heterocycles. The zero-order valence-corrected chi connectivity index (χ0v) is 17.5. The normalized spacial score (nSPS) is 10.7. The SMILES string of the molecule is CCCCCCCCCCCCNC(=O)NCCCCCCI. The Morgan fingerprint density at radius 2 is 1.04 bits per heavy atom. The molecule has 23 heavy (non-hydrogen) atoms. The van der Waals surface area contributed by atoms with Gasteiger partial charge in [0.25, 0.3) is 0 Å². The first-order chi connectivity index (χ1) is 11.3. The highest BCUT2D eigenvalue weighted by Gasteiger charge is 1.98. The van der Waals surface area contributed by atoms with Gasteiger partial charge in [-0.3, -0.25) is 0 Å². The van der Waals surface area contributed by atoms with E-state index in [2.05, 4.69) is 40.1 Å². The predicted octanol–water partition coefficient (Wildman–Crippen LogP) is 6.20. The number of urea groups is 1. The van der Waals surface area contributed by atoms with Gasteiger partial charge in [0.1, 0.15) is 0 Å². The van der Waals surface area contributed by atoms with Crippen LogP contribution in [-0.2, 0) is 0 Å². The number of carbonyl (C=O) groups excluding carboxylic acids is 1. The van der Waals surface area contributed by atoms with Gasteiger partial charge in [-0.2, -0.15) is 0 Å². The lowest BCUT2D eigenvalue weighted by Gasteiger charge is -2.07. The number of nitrogens with one attached hydrogen (secondary N) is 2. The molecule has 0 unspecified atom stereocenters. The van der Waals surface area contributed by atoms with E-state index in [9.17, 15) is 4.79 Å². The van der Waals surface area contributed by atoms with Gasteiger partial charge in [0.05, 0.1) is 0 Å². The van der Waals surface area contributed by atoms with E-state index in [1.165, 1.54) is 81.5 Å². The number of hydrogen-bond donors (Lipinski definition) is 2. The topological polar surface area (TPSA) is 41.1 Å². The van der Waals surface area contributed by atoms with Gasteiger partial charge in [0.2, 0.25) is 0 Å². The zero-order valence-electron chi connectivity index (χ0n) is 15.3. The Hall–Kier alpha value is 0. The number of alkyl halides is 1. The molecule has 0 aromatic carbocycles. The van der Waals surface area contributed by atoms with Crippen molar-refractivity contribution < 1.29 is 4.79 Å². The molecule has 0 radical (unpaired) electrons. The monoisotopic (exact) mass is 438 g/mol. The van der Waals surface area contributed by atoms with Gasteiger partial charge in [-0.05, 0) is 23.7 Å². The van der Waals surface area contributed by atoms with Crippen molar-refractivity contribution in [1.29, 1.82) is 0 Å². The second-order valence-corrected chi connectivity index (χ2v) is 7.55. The molecule has 0 aromatic heterocycles. The average molecular weight is 438 g/mol. The van der Waals surface area contributed by atoms with E-state index in [1.807, 2.05) is 0 Å². The first-order valence-electron chi connectivity index (χ1n) is 9.89. The molecule has 0 atom stereocenters. The van der Waals surface area contributed by atoms with Gasteiger partial charge < -0.3 is 10.6 Å². The smallest absolute Gasteiger partial charge is 0.314 e. The molecule has 0 aliphatic carbocycles. The fraction of sp³-hybridized carbons (Fsp3) is 0.947. The number of unbranched alkanes of at least 4 members (excludes halogenated alkanes) is 12.